The van der Waals surface area contributed by atoms with Gasteiger partial charge in [-0.2, -0.15) is 0 Å². The summed E-state index contributed by atoms with van der Waals surface area (Å²) in [4.78, 5) is 0. The Labute approximate surface area is 146 Å². The minimum Gasteiger partial charge on any atom is -0.136 e. The van der Waals surface area contributed by atoms with E-state index in [2.05, 4.69) is 4.76 Å². The van der Waals surface area contributed by atoms with E-state index in [1.807, 2.05) is 55.5 Å². The first-order valence-electron chi connectivity index (χ1n) is 7.96. The third kappa shape index (κ3) is 2.94. The van der Waals surface area contributed by atoms with Crippen LogP contribution in [-0.4, -0.2) is 5.71 Å². The number of para-hydroxylation sites is 1. The van der Waals surface area contributed by atoms with Gasteiger partial charge in [-0.25, -0.2) is 0 Å². The fraction of sp³-hybridized carbons (Fsp3) is 0.0500. The van der Waals surface area contributed by atoms with Crippen LogP contribution in [0.1, 0.15) is 16.7 Å². The number of anilines is 1. The molecule has 0 amide bonds. The number of halogens is 2. The van der Waals surface area contributed by atoms with Gasteiger partial charge < -0.3 is 0 Å². The lowest BCUT2D eigenvalue weighted by molar-refractivity contribution is 0.695. The van der Waals surface area contributed by atoms with Gasteiger partial charge in [0.25, 0.3) is 0 Å². The largest absolute Gasteiger partial charge is 0.613 e. The summed E-state index contributed by atoms with van der Waals surface area (Å²) in [5.74, 6) is 0. The summed E-state index contributed by atoms with van der Waals surface area (Å²) < 4.78 is 34.5. The normalized spacial score (nSPS) is 17.8. The number of rotatable bonds is 2. The van der Waals surface area contributed by atoms with Gasteiger partial charge >= 0.3 is 8.19 Å². The second-order valence-electron chi connectivity index (χ2n) is 5.94. The summed E-state index contributed by atoms with van der Waals surface area (Å²) in [7, 11) is -4.64. The lowest BCUT2D eigenvalue weighted by Crippen LogP contribution is -2.24. The average molecular weight is 353 g/mol. The van der Waals surface area contributed by atoms with Gasteiger partial charge in [0.05, 0.1) is 11.4 Å². The first-order chi connectivity index (χ1) is 12.0. The number of benzene rings is 2. The minimum atomic E-state index is -4.64. The van der Waals surface area contributed by atoms with Gasteiger partial charge in [0.1, 0.15) is 5.71 Å². The van der Waals surface area contributed by atoms with Crippen molar-refractivity contribution in [1.82, 2.24) is 0 Å². The molecule has 5 heteroatoms. The van der Waals surface area contributed by atoms with E-state index in [-0.39, 0.29) is 0 Å². The Balaban J connectivity index is 1.72. The second-order valence-corrected chi connectivity index (χ2v) is 7.46. The fourth-order valence-corrected chi connectivity index (χ4v) is 4.31. The van der Waals surface area contributed by atoms with Crippen molar-refractivity contribution in [1.29, 1.82) is 0 Å². The number of hydrogen-bond donors (Lipinski definition) is 0. The molecule has 0 saturated carbocycles. The lowest BCUT2D eigenvalue weighted by atomic mass is 10.1. The zero-order chi connectivity index (χ0) is 17.4. The molecule has 0 spiro atoms. The van der Waals surface area contributed by atoms with E-state index >= 15 is 0 Å². The van der Waals surface area contributed by atoms with Crippen LogP contribution in [0.5, 0.6) is 0 Å². The van der Waals surface area contributed by atoms with Gasteiger partial charge in [-0.15, -0.1) is 4.67 Å². The molecule has 2 aromatic rings. The molecule has 0 unspecified atom stereocenters. The van der Waals surface area contributed by atoms with Crippen LogP contribution in [0.25, 0.3) is 12.2 Å². The van der Waals surface area contributed by atoms with E-state index in [1.54, 1.807) is 30.4 Å². The van der Waals surface area contributed by atoms with E-state index < -0.39 is 8.19 Å². The molecule has 0 aromatic heterocycles. The van der Waals surface area contributed by atoms with Crippen molar-refractivity contribution in [3.05, 3.63) is 89.1 Å². The van der Waals surface area contributed by atoms with E-state index in [1.165, 1.54) is 0 Å². The molecule has 2 heterocycles. The zero-order valence-electron chi connectivity index (χ0n) is 13.6. The highest BCUT2D eigenvalue weighted by atomic mass is 31.3. The van der Waals surface area contributed by atoms with Gasteiger partial charge in [0.15, 0.2) is 0 Å². The lowest BCUT2D eigenvalue weighted by Gasteiger charge is -2.27. The number of aryl methyl sites for hydroxylation is 1. The Kier molecular flexibility index (Phi) is 3.85. The summed E-state index contributed by atoms with van der Waals surface area (Å²) >= 11 is 0. The first kappa shape index (κ1) is 15.9. The molecule has 0 aliphatic carbocycles. The van der Waals surface area contributed by atoms with Crippen LogP contribution in [0.4, 0.5) is 14.1 Å². The summed E-state index contributed by atoms with van der Waals surface area (Å²) in [6.45, 7) is 1.99. The van der Waals surface area contributed by atoms with Crippen molar-refractivity contribution in [2.45, 2.75) is 6.92 Å². The Morgan fingerprint density at radius 1 is 0.960 bits per heavy atom. The summed E-state index contributed by atoms with van der Waals surface area (Å²) in [6.07, 6.45) is 8.80. The molecule has 0 N–H and O–H groups in total. The van der Waals surface area contributed by atoms with Crippen LogP contribution in [-0.2, 0) is 0 Å². The van der Waals surface area contributed by atoms with Crippen molar-refractivity contribution >= 4 is 31.7 Å². The van der Waals surface area contributed by atoms with Crippen LogP contribution in [0.15, 0.2) is 77.2 Å². The maximum absolute atomic E-state index is 14.8. The van der Waals surface area contributed by atoms with Crippen molar-refractivity contribution < 1.29 is 8.39 Å². The number of fused-ring (bicyclic) bond motifs is 3. The molecule has 2 aliphatic rings. The number of hydrogen-bond acceptors (Lipinski definition) is 2. The molecular weight excluding hydrogens is 337 g/mol. The monoisotopic (exact) mass is 353 g/mol. The molecule has 0 saturated heterocycles. The van der Waals surface area contributed by atoms with E-state index in [0.29, 0.717) is 17.1 Å². The third-order valence-electron chi connectivity index (χ3n) is 4.24. The third-order valence-corrected chi connectivity index (χ3v) is 5.64. The maximum atomic E-state index is 14.8. The molecule has 0 fully saturated rings. The van der Waals surface area contributed by atoms with Gasteiger partial charge in [-0.05, 0) is 47.1 Å². The molecule has 2 aromatic carbocycles. The molecule has 0 bridgehead atoms. The molecule has 25 heavy (non-hydrogen) atoms. The van der Waals surface area contributed by atoms with E-state index in [0.717, 1.165) is 21.4 Å². The molecule has 2 aliphatic heterocycles. The van der Waals surface area contributed by atoms with Gasteiger partial charge in [-0.3, -0.25) is 0 Å². The smallest absolute Gasteiger partial charge is 0.136 e. The topological polar surface area (TPSA) is 15.6 Å². The Morgan fingerprint density at radius 3 is 2.56 bits per heavy atom. The highest BCUT2D eigenvalue weighted by molar-refractivity contribution is 7.66. The summed E-state index contributed by atoms with van der Waals surface area (Å²) in [5.41, 5.74) is 4.18. The Hall–Kier alpha value is -2.58. The summed E-state index contributed by atoms with van der Waals surface area (Å²) in [6, 6.07) is 15.0. The van der Waals surface area contributed by atoms with E-state index in [9.17, 15) is 8.39 Å². The van der Waals surface area contributed by atoms with Crippen LogP contribution in [0.2, 0.25) is 0 Å². The quantitative estimate of drug-likeness (QED) is 0.563. The predicted octanol–water partition coefficient (Wildman–Crippen LogP) is 6.50. The van der Waals surface area contributed by atoms with Gasteiger partial charge in [-0.1, -0.05) is 54.6 Å². The Bertz CT molecular complexity index is 958. The van der Waals surface area contributed by atoms with Crippen molar-refractivity contribution in [2.24, 2.45) is 4.76 Å². The highest BCUT2D eigenvalue weighted by Crippen LogP contribution is 2.71. The average Bonchev–Trinajstić information content (AvgIpc) is 2.60. The number of nitrogens with zero attached hydrogens (tertiary/aromatic N) is 2. The molecule has 124 valence electrons. The molecule has 4 rings (SSSR count). The Morgan fingerprint density at radius 2 is 1.72 bits per heavy atom. The molecule has 0 atom stereocenters. The fourth-order valence-electron chi connectivity index (χ4n) is 2.98. The van der Waals surface area contributed by atoms with Gasteiger partial charge in [0.2, 0.25) is 0 Å². The molecular formula is C20H16F2N2P+. The zero-order valence-corrected chi connectivity index (χ0v) is 14.5. The van der Waals surface area contributed by atoms with Crippen molar-refractivity contribution in [2.75, 3.05) is 4.67 Å². The predicted molar refractivity (Wildman–Crippen MR) is 103 cm³/mol. The SMILES string of the molecule is Cc1ccccc1/C=C\C1=N[P+](F)(F)N2C(=C1)C=Cc1ccccc12. The van der Waals surface area contributed by atoms with E-state index in [4.69, 9.17) is 0 Å². The number of allylic oxidation sites excluding steroid dienone is 3. The maximum Gasteiger partial charge on any atom is 0.613 e. The summed E-state index contributed by atoms with van der Waals surface area (Å²) in [5, 5.41) is 0. The van der Waals surface area contributed by atoms with Gasteiger partial charge in [0, 0.05) is 14.0 Å². The molecule has 0 radical (unpaired) electrons. The second kappa shape index (κ2) is 6.05. The van der Waals surface area contributed by atoms with Crippen LogP contribution in [0.3, 0.4) is 0 Å². The van der Waals surface area contributed by atoms with Crippen molar-refractivity contribution in [3.63, 3.8) is 0 Å². The van der Waals surface area contributed by atoms with Crippen LogP contribution >= 0.6 is 8.19 Å². The molecule has 2 nitrogen and oxygen atoms in total. The van der Waals surface area contributed by atoms with Crippen molar-refractivity contribution in [3.8, 4) is 0 Å². The first-order valence-corrected chi connectivity index (χ1v) is 9.44. The van der Waals surface area contributed by atoms with Crippen LogP contribution < -0.4 is 4.67 Å². The minimum absolute atomic E-state index is 0.303. The highest BCUT2D eigenvalue weighted by Gasteiger charge is 2.55. The standard InChI is InChI=1S/C20H16F2N2P/c1-15-6-2-3-7-16(15)10-12-18-14-19-13-11-17-8-4-5-9-20(17)24(19)25(21,22)23-18/h2-14H,1H3/q+1/b12-10-. The van der Waals surface area contributed by atoms with Crippen LogP contribution in [0, 0.1) is 6.92 Å².